The highest BCUT2D eigenvalue weighted by atomic mass is 35.5. The number of anilines is 1. The third kappa shape index (κ3) is 3.19. The highest BCUT2D eigenvalue weighted by Gasteiger charge is 2.15. The molecule has 0 aromatic heterocycles. The van der Waals surface area contributed by atoms with Gasteiger partial charge in [0.05, 0.1) is 5.69 Å². The lowest BCUT2D eigenvalue weighted by Gasteiger charge is -2.07. The van der Waals surface area contributed by atoms with Crippen molar-refractivity contribution in [3.63, 3.8) is 0 Å². The van der Waals surface area contributed by atoms with E-state index in [0.717, 1.165) is 0 Å². The molecule has 1 aromatic carbocycles. The van der Waals surface area contributed by atoms with Crippen molar-refractivity contribution in [3.05, 3.63) is 23.2 Å². The molecule has 0 radical (unpaired) electrons. The van der Waals surface area contributed by atoms with Gasteiger partial charge >= 0.3 is 0 Å². The van der Waals surface area contributed by atoms with Gasteiger partial charge in [-0.1, -0.05) is 11.6 Å². The molecule has 0 aliphatic carbocycles. The number of nitrogens with one attached hydrogen (secondary N) is 1. The van der Waals surface area contributed by atoms with E-state index in [1.54, 1.807) is 0 Å². The van der Waals surface area contributed by atoms with Crippen LogP contribution in [0.25, 0.3) is 0 Å². The number of benzene rings is 1. The topological polar surface area (TPSA) is 89.3 Å². The van der Waals surface area contributed by atoms with Gasteiger partial charge in [0, 0.05) is 11.9 Å². The van der Waals surface area contributed by atoms with Gasteiger partial charge in [0.1, 0.15) is 4.90 Å². The van der Waals surface area contributed by atoms with Gasteiger partial charge in [-0.3, -0.25) is 4.79 Å². The Balaban J connectivity index is 3.33. The molecule has 1 aromatic rings. The van der Waals surface area contributed by atoms with Crippen LogP contribution in [0.4, 0.5) is 5.69 Å². The van der Waals surface area contributed by atoms with Crippen LogP contribution in [0.15, 0.2) is 23.1 Å². The molecule has 82 valence electrons. The summed E-state index contributed by atoms with van der Waals surface area (Å²) in [6.45, 7) is 1.27. The molecule has 1 amide bonds. The van der Waals surface area contributed by atoms with Gasteiger partial charge in [-0.25, -0.2) is 13.6 Å². The van der Waals surface area contributed by atoms with Gasteiger partial charge in [0.2, 0.25) is 15.9 Å². The molecule has 0 fully saturated rings. The molecule has 0 heterocycles. The summed E-state index contributed by atoms with van der Waals surface area (Å²) >= 11 is 5.63. The van der Waals surface area contributed by atoms with Crippen LogP contribution in [-0.2, 0) is 14.8 Å². The van der Waals surface area contributed by atoms with Crippen molar-refractivity contribution in [3.8, 4) is 0 Å². The Morgan fingerprint density at radius 2 is 2.07 bits per heavy atom. The number of amides is 1. The number of sulfonamides is 1. The summed E-state index contributed by atoms with van der Waals surface area (Å²) in [5.74, 6) is -0.387. The first kappa shape index (κ1) is 12.0. The monoisotopic (exact) mass is 248 g/mol. The van der Waals surface area contributed by atoms with E-state index >= 15 is 0 Å². The van der Waals surface area contributed by atoms with Crippen LogP contribution in [0, 0.1) is 0 Å². The van der Waals surface area contributed by atoms with E-state index in [-0.39, 0.29) is 21.5 Å². The smallest absolute Gasteiger partial charge is 0.240 e. The van der Waals surface area contributed by atoms with E-state index in [1.807, 2.05) is 0 Å². The van der Waals surface area contributed by atoms with E-state index in [2.05, 4.69) is 5.32 Å². The lowest BCUT2D eigenvalue weighted by atomic mass is 10.3. The minimum absolute atomic E-state index is 0.120. The molecule has 5 nitrogen and oxygen atoms in total. The number of hydrogen-bond donors (Lipinski definition) is 2. The van der Waals surface area contributed by atoms with Crippen LogP contribution >= 0.6 is 11.6 Å². The van der Waals surface area contributed by atoms with Crippen molar-refractivity contribution in [2.45, 2.75) is 11.8 Å². The van der Waals surface area contributed by atoms with E-state index in [9.17, 15) is 13.2 Å². The molecule has 15 heavy (non-hydrogen) atoms. The van der Waals surface area contributed by atoms with Crippen LogP contribution in [0.2, 0.25) is 5.02 Å². The van der Waals surface area contributed by atoms with Crippen molar-refractivity contribution in [1.82, 2.24) is 0 Å². The number of carbonyl (C=O) groups excluding carboxylic acids is 1. The van der Waals surface area contributed by atoms with Crippen LogP contribution in [-0.4, -0.2) is 14.3 Å². The largest absolute Gasteiger partial charge is 0.325 e. The second-order valence-corrected chi connectivity index (χ2v) is 4.83. The molecule has 0 saturated carbocycles. The fraction of sp³-hybridized carbons (Fsp3) is 0.125. The van der Waals surface area contributed by atoms with Gasteiger partial charge in [0.25, 0.3) is 0 Å². The van der Waals surface area contributed by atoms with Crippen LogP contribution < -0.4 is 10.5 Å². The number of hydrogen-bond acceptors (Lipinski definition) is 3. The molecule has 0 aliphatic heterocycles. The summed E-state index contributed by atoms with van der Waals surface area (Å²) in [5.41, 5.74) is 0.120. The normalized spacial score (nSPS) is 11.1. The predicted molar refractivity (Wildman–Crippen MR) is 57.1 cm³/mol. The molecule has 0 atom stereocenters. The maximum absolute atomic E-state index is 11.2. The van der Waals surface area contributed by atoms with Crippen molar-refractivity contribution in [1.29, 1.82) is 0 Å². The third-order valence-corrected chi connectivity index (χ3v) is 2.75. The molecule has 0 aliphatic rings. The summed E-state index contributed by atoms with van der Waals surface area (Å²) in [6.07, 6.45) is 0. The Labute approximate surface area is 92.3 Å². The Morgan fingerprint density at radius 3 is 2.53 bits per heavy atom. The molecule has 0 saturated heterocycles. The minimum atomic E-state index is -3.90. The van der Waals surface area contributed by atoms with Crippen molar-refractivity contribution in [2.24, 2.45) is 5.14 Å². The first-order valence-electron chi connectivity index (χ1n) is 3.90. The molecule has 0 unspecified atom stereocenters. The zero-order chi connectivity index (χ0) is 11.6. The molecule has 1 rings (SSSR count). The first-order valence-corrected chi connectivity index (χ1v) is 5.83. The van der Waals surface area contributed by atoms with Gasteiger partial charge in [-0.05, 0) is 18.2 Å². The van der Waals surface area contributed by atoms with Crippen molar-refractivity contribution in [2.75, 3.05) is 5.32 Å². The van der Waals surface area contributed by atoms with E-state index < -0.39 is 10.0 Å². The Kier molecular flexibility index (Phi) is 3.33. The average molecular weight is 249 g/mol. The molecule has 7 heteroatoms. The highest BCUT2D eigenvalue weighted by molar-refractivity contribution is 7.89. The van der Waals surface area contributed by atoms with E-state index in [0.29, 0.717) is 0 Å². The maximum atomic E-state index is 11.2. The third-order valence-electron chi connectivity index (χ3n) is 1.56. The summed E-state index contributed by atoms with van der Waals surface area (Å²) in [7, 11) is -3.90. The number of nitrogens with two attached hydrogens (primary N) is 1. The van der Waals surface area contributed by atoms with Gasteiger partial charge in [-0.2, -0.15) is 0 Å². The lowest BCUT2D eigenvalue weighted by molar-refractivity contribution is -0.114. The molecule has 0 bridgehead atoms. The predicted octanol–water partition coefficient (Wildman–Crippen LogP) is 0.946. The Morgan fingerprint density at radius 1 is 1.47 bits per heavy atom. The second-order valence-electron chi connectivity index (χ2n) is 2.87. The first-order chi connectivity index (χ1) is 6.80. The zero-order valence-corrected chi connectivity index (χ0v) is 9.39. The summed E-state index contributed by atoms with van der Waals surface area (Å²) in [5, 5.41) is 7.54. The molecular weight excluding hydrogens is 240 g/mol. The van der Waals surface area contributed by atoms with Crippen molar-refractivity contribution < 1.29 is 13.2 Å². The summed E-state index contributed by atoms with van der Waals surface area (Å²) in [6, 6.07) is 4.02. The van der Waals surface area contributed by atoms with Crippen LogP contribution in [0.3, 0.4) is 0 Å². The Hall–Kier alpha value is -1.11. The fourth-order valence-electron chi connectivity index (χ4n) is 1.02. The number of halogens is 1. The SMILES string of the molecule is CC(=O)Nc1ccc(Cl)cc1S(N)(=O)=O. The second kappa shape index (κ2) is 4.18. The van der Waals surface area contributed by atoms with E-state index in [4.69, 9.17) is 16.7 Å². The van der Waals surface area contributed by atoms with Gasteiger partial charge in [0.15, 0.2) is 0 Å². The Bertz CT molecular complexity index is 499. The molecule has 0 spiro atoms. The lowest BCUT2D eigenvalue weighted by Crippen LogP contribution is -2.16. The zero-order valence-electron chi connectivity index (χ0n) is 7.82. The van der Waals surface area contributed by atoms with Crippen molar-refractivity contribution >= 4 is 33.2 Å². The standard InChI is InChI=1S/C8H9ClN2O3S/c1-5(12)11-7-3-2-6(9)4-8(7)15(10,13)14/h2-4H,1H3,(H,11,12)(H2,10,13,14). The summed E-state index contributed by atoms with van der Waals surface area (Å²) < 4.78 is 22.3. The van der Waals surface area contributed by atoms with Crippen LogP contribution in [0.5, 0.6) is 0 Å². The average Bonchev–Trinajstić information content (AvgIpc) is 2.05. The quantitative estimate of drug-likeness (QED) is 0.816. The number of primary sulfonamides is 1. The fourth-order valence-corrected chi connectivity index (χ4v) is 1.98. The molecule has 3 N–H and O–H groups in total. The maximum Gasteiger partial charge on any atom is 0.240 e. The number of rotatable bonds is 2. The van der Waals surface area contributed by atoms with E-state index in [1.165, 1.54) is 25.1 Å². The minimum Gasteiger partial charge on any atom is -0.325 e. The highest BCUT2D eigenvalue weighted by Crippen LogP contribution is 2.23. The van der Waals surface area contributed by atoms with Crippen LogP contribution in [0.1, 0.15) is 6.92 Å². The van der Waals surface area contributed by atoms with Gasteiger partial charge < -0.3 is 5.32 Å². The number of carbonyl (C=O) groups is 1. The summed E-state index contributed by atoms with van der Waals surface area (Å²) in [4.78, 5) is 10.6. The van der Waals surface area contributed by atoms with Gasteiger partial charge in [-0.15, -0.1) is 0 Å². The molecular formula is C8H9ClN2O3S.